The Bertz CT molecular complexity index is 553. The highest BCUT2D eigenvalue weighted by Crippen LogP contribution is 2.12. The van der Waals surface area contributed by atoms with Gasteiger partial charge in [0.15, 0.2) is 0 Å². The number of hydrogen-bond acceptors (Lipinski definition) is 4. The Balaban J connectivity index is 1.75. The third kappa shape index (κ3) is 4.91. The van der Waals surface area contributed by atoms with Crippen molar-refractivity contribution in [1.29, 1.82) is 0 Å². The van der Waals surface area contributed by atoms with Crippen LogP contribution in [0.15, 0.2) is 30.3 Å². The average molecular weight is 341 g/mol. The fraction of sp³-hybridized carbons (Fsp3) is 0.625. The highest BCUT2D eigenvalue weighted by molar-refractivity contribution is 7.86. The van der Waals surface area contributed by atoms with E-state index in [9.17, 15) is 8.42 Å². The van der Waals surface area contributed by atoms with Crippen LogP contribution in [-0.2, 0) is 10.2 Å². The smallest absolute Gasteiger partial charge is 0.282 e. The summed E-state index contributed by atoms with van der Waals surface area (Å²) < 4.78 is 33.7. The zero-order chi connectivity index (χ0) is 16.7. The molecule has 0 aliphatic carbocycles. The molecule has 0 amide bonds. The minimum absolute atomic E-state index is 0.518. The first-order chi connectivity index (χ1) is 11.1. The Morgan fingerprint density at radius 1 is 1.04 bits per heavy atom. The van der Waals surface area contributed by atoms with Gasteiger partial charge in [-0.1, -0.05) is 32.0 Å². The lowest BCUT2D eigenvalue weighted by atomic mass is 10.3. The van der Waals surface area contributed by atoms with Crippen molar-refractivity contribution in [3.63, 3.8) is 0 Å². The predicted octanol–water partition coefficient (Wildman–Crippen LogP) is 1.27. The van der Waals surface area contributed by atoms with Crippen molar-refractivity contribution < 1.29 is 13.2 Å². The van der Waals surface area contributed by atoms with Crippen LogP contribution in [-0.4, -0.2) is 74.3 Å². The van der Waals surface area contributed by atoms with E-state index in [0.29, 0.717) is 32.8 Å². The molecule has 1 fully saturated rings. The monoisotopic (exact) mass is 341 g/mol. The number of para-hydroxylation sites is 1. The van der Waals surface area contributed by atoms with Crippen molar-refractivity contribution in [1.82, 2.24) is 13.5 Å². The Morgan fingerprint density at radius 2 is 1.65 bits per heavy atom. The topological polar surface area (TPSA) is 53.1 Å². The minimum atomic E-state index is -3.30. The van der Waals surface area contributed by atoms with E-state index >= 15 is 0 Å². The molecular formula is C16H27N3O3S. The summed E-state index contributed by atoms with van der Waals surface area (Å²) >= 11 is 0. The van der Waals surface area contributed by atoms with Gasteiger partial charge in [0.25, 0.3) is 10.2 Å². The number of rotatable bonds is 8. The lowest BCUT2D eigenvalue weighted by Crippen LogP contribution is -2.53. The van der Waals surface area contributed by atoms with Crippen LogP contribution in [0.4, 0.5) is 0 Å². The summed E-state index contributed by atoms with van der Waals surface area (Å²) in [7, 11) is -3.30. The van der Waals surface area contributed by atoms with E-state index in [2.05, 4.69) is 4.90 Å². The standard InChI is InChI=1S/C16H27N3O3S/c1-3-18(4-2)23(20,21)19-12-10-17(11-13-19)14-15-22-16-8-6-5-7-9-16/h5-9H,3-4,10-15H2,1-2H3. The molecule has 0 saturated carbocycles. The second-order valence-electron chi connectivity index (χ2n) is 5.49. The minimum Gasteiger partial charge on any atom is -0.492 e. The molecule has 2 rings (SSSR count). The molecule has 130 valence electrons. The van der Waals surface area contributed by atoms with Gasteiger partial charge < -0.3 is 4.74 Å². The van der Waals surface area contributed by atoms with Crippen molar-refractivity contribution >= 4 is 10.2 Å². The van der Waals surface area contributed by atoms with Gasteiger partial charge in [-0.2, -0.15) is 17.0 Å². The van der Waals surface area contributed by atoms with Crippen molar-refractivity contribution in [2.75, 3.05) is 52.4 Å². The van der Waals surface area contributed by atoms with Gasteiger partial charge in [0.1, 0.15) is 12.4 Å². The normalized spacial score (nSPS) is 17.5. The zero-order valence-electron chi connectivity index (χ0n) is 14.0. The Labute approximate surface area is 139 Å². The third-order valence-electron chi connectivity index (χ3n) is 4.11. The van der Waals surface area contributed by atoms with E-state index in [0.717, 1.165) is 25.4 Å². The van der Waals surface area contributed by atoms with Crippen LogP contribution in [0.1, 0.15) is 13.8 Å². The van der Waals surface area contributed by atoms with Gasteiger partial charge >= 0.3 is 0 Å². The second kappa shape index (κ2) is 8.63. The van der Waals surface area contributed by atoms with Gasteiger partial charge in [0, 0.05) is 45.8 Å². The number of piperazine rings is 1. The largest absolute Gasteiger partial charge is 0.492 e. The van der Waals surface area contributed by atoms with E-state index in [4.69, 9.17) is 4.74 Å². The molecule has 7 heteroatoms. The molecule has 0 unspecified atom stereocenters. The highest BCUT2D eigenvalue weighted by Gasteiger charge is 2.30. The van der Waals surface area contributed by atoms with Gasteiger partial charge in [0.2, 0.25) is 0 Å². The van der Waals surface area contributed by atoms with Crippen LogP contribution in [0.5, 0.6) is 5.75 Å². The lowest BCUT2D eigenvalue weighted by Gasteiger charge is -2.36. The molecule has 1 heterocycles. The maximum absolute atomic E-state index is 12.5. The fourth-order valence-corrected chi connectivity index (χ4v) is 4.31. The third-order valence-corrected chi connectivity index (χ3v) is 6.30. The van der Waals surface area contributed by atoms with Crippen LogP contribution >= 0.6 is 0 Å². The number of nitrogens with zero attached hydrogens (tertiary/aromatic N) is 3. The maximum Gasteiger partial charge on any atom is 0.282 e. The maximum atomic E-state index is 12.5. The number of ether oxygens (including phenoxy) is 1. The SMILES string of the molecule is CCN(CC)S(=O)(=O)N1CCN(CCOc2ccccc2)CC1. The summed E-state index contributed by atoms with van der Waals surface area (Å²) in [5, 5.41) is 0. The van der Waals surface area contributed by atoms with Gasteiger partial charge in [0.05, 0.1) is 0 Å². The molecule has 1 aromatic rings. The van der Waals surface area contributed by atoms with E-state index in [1.54, 1.807) is 4.31 Å². The summed E-state index contributed by atoms with van der Waals surface area (Å²) in [5.41, 5.74) is 0. The van der Waals surface area contributed by atoms with Gasteiger partial charge in [-0.25, -0.2) is 0 Å². The average Bonchev–Trinajstić information content (AvgIpc) is 2.57. The van der Waals surface area contributed by atoms with Crippen LogP contribution in [0.3, 0.4) is 0 Å². The van der Waals surface area contributed by atoms with Gasteiger partial charge in [-0.05, 0) is 12.1 Å². The first-order valence-electron chi connectivity index (χ1n) is 8.23. The highest BCUT2D eigenvalue weighted by atomic mass is 32.2. The summed E-state index contributed by atoms with van der Waals surface area (Å²) in [5.74, 6) is 0.871. The first-order valence-corrected chi connectivity index (χ1v) is 9.63. The molecule has 0 spiro atoms. The molecule has 23 heavy (non-hydrogen) atoms. The van der Waals surface area contributed by atoms with Crippen LogP contribution in [0, 0.1) is 0 Å². The van der Waals surface area contributed by atoms with Crippen LogP contribution in [0.2, 0.25) is 0 Å². The summed E-state index contributed by atoms with van der Waals surface area (Å²) in [6.45, 7) is 8.80. The molecule has 6 nitrogen and oxygen atoms in total. The molecule has 1 aliphatic heterocycles. The van der Waals surface area contributed by atoms with Gasteiger partial charge in [-0.15, -0.1) is 0 Å². The van der Waals surface area contributed by atoms with Crippen molar-refractivity contribution in [2.45, 2.75) is 13.8 Å². The van der Waals surface area contributed by atoms with Crippen LogP contribution < -0.4 is 4.74 Å². The number of hydrogen-bond donors (Lipinski definition) is 0. The van der Waals surface area contributed by atoms with E-state index in [1.807, 2.05) is 44.2 Å². The lowest BCUT2D eigenvalue weighted by molar-refractivity contribution is 0.155. The molecule has 0 N–H and O–H groups in total. The molecular weight excluding hydrogens is 314 g/mol. The fourth-order valence-electron chi connectivity index (χ4n) is 2.71. The van der Waals surface area contributed by atoms with E-state index in [1.165, 1.54) is 4.31 Å². The predicted molar refractivity (Wildman–Crippen MR) is 91.8 cm³/mol. The molecule has 0 radical (unpaired) electrons. The molecule has 0 bridgehead atoms. The van der Waals surface area contributed by atoms with Gasteiger partial charge in [-0.3, -0.25) is 4.90 Å². The van der Waals surface area contributed by atoms with Crippen LogP contribution in [0.25, 0.3) is 0 Å². The molecule has 0 aromatic heterocycles. The molecule has 1 aromatic carbocycles. The molecule has 1 saturated heterocycles. The summed E-state index contributed by atoms with van der Waals surface area (Å²) in [6, 6.07) is 9.74. The second-order valence-corrected chi connectivity index (χ2v) is 7.42. The number of benzene rings is 1. The van der Waals surface area contributed by atoms with E-state index in [-0.39, 0.29) is 0 Å². The Kier molecular flexibility index (Phi) is 6.83. The van der Waals surface area contributed by atoms with E-state index < -0.39 is 10.2 Å². The molecule has 1 aliphatic rings. The Hall–Kier alpha value is -1.15. The van der Waals surface area contributed by atoms with Crippen molar-refractivity contribution in [3.05, 3.63) is 30.3 Å². The first kappa shape index (κ1) is 18.2. The van der Waals surface area contributed by atoms with Crippen molar-refractivity contribution in [2.24, 2.45) is 0 Å². The van der Waals surface area contributed by atoms with Crippen molar-refractivity contribution in [3.8, 4) is 5.75 Å². The Morgan fingerprint density at radius 3 is 2.22 bits per heavy atom. The molecule has 0 atom stereocenters. The summed E-state index contributed by atoms with van der Waals surface area (Å²) in [6.07, 6.45) is 0. The summed E-state index contributed by atoms with van der Waals surface area (Å²) in [4.78, 5) is 2.25. The quantitative estimate of drug-likeness (QED) is 0.715. The zero-order valence-corrected chi connectivity index (χ0v) is 14.8.